The number of carbonyl (C=O) groups is 4. The van der Waals surface area contributed by atoms with E-state index in [4.69, 9.17) is 5.73 Å². The predicted octanol–water partition coefficient (Wildman–Crippen LogP) is 2.88. The van der Waals surface area contributed by atoms with Crippen LogP contribution in [0, 0.1) is 5.92 Å². The van der Waals surface area contributed by atoms with Crippen molar-refractivity contribution in [2.75, 3.05) is 32.7 Å². The smallest absolute Gasteiger partial charge is 0.407 e. The quantitative estimate of drug-likeness (QED) is 0.281. The molecule has 3 aliphatic rings. The number of nitrogens with two attached hydrogens (primary N) is 1. The first kappa shape index (κ1) is 33.7. The number of hydrogen-bond donors (Lipinski definition) is 4. The second kappa shape index (κ2) is 14.7. The van der Waals surface area contributed by atoms with Crippen LogP contribution in [0.3, 0.4) is 0 Å². The molecule has 1 aromatic rings. The number of amides is 4. The summed E-state index contributed by atoms with van der Waals surface area (Å²) < 4.78 is 0. The number of nitrogens with one attached hydrogen (secondary N) is 2. The molecule has 2 fully saturated rings. The van der Waals surface area contributed by atoms with Gasteiger partial charge in [0.05, 0.1) is 12.0 Å². The summed E-state index contributed by atoms with van der Waals surface area (Å²) in [6, 6.07) is 6.82. The lowest BCUT2D eigenvalue weighted by Gasteiger charge is -2.44. The van der Waals surface area contributed by atoms with Gasteiger partial charge in [-0.15, -0.1) is 0 Å². The van der Waals surface area contributed by atoms with E-state index in [1.165, 1.54) is 10.5 Å². The highest BCUT2D eigenvalue weighted by molar-refractivity contribution is 5.93. The summed E-state index contributed by atoms with van der Waals surface area (Å²) in [6.45, 7) is 9.31. The molecule has 244 valence electrons. The van der Waals surface area contributed by atoms with Gasteiger partial charge in [-0.25, -0.2) is 4.79 Å². The first-order chi connectivity index (χ1) is 20.9. The number of unbranched alkanes of at least 4 members (excludes halogenated alkanes) is 1. The van der Waals surface area contributed by atoms with Crippen LogP contribution in [0.1, 0.15) is 89.8 Å². The Morgan fingerprint density at radius 1 is 1.09 bits per heavy atom. The van der Waals surface area contributed by atoms with Crippen molar-refractivity contribution in [1.82, 2.24) is 25.3 Å². The van der Waals surface area contributed by atoms with Crippen molar-refractivity contribution in [3.8, 4) is 0 Å². The first-order valence-electron chi connectivity index (χ1n) is 16.3. The Morgan fingerprint density at radius 2 is 1.84 bits per heavy atom. The van der Waals surface area contributed by atoms with Crippen molar-refractivity contribution in [3.05, 3.63) is 35.4 Å². The minimum Gasteiger partial charge on any atom is -0.465 e. The molecule has 2 saturated heterocycles. The molecule has 4 amide bonds. The zero-order chi connectivity index (χ0) is 32.0. The maximum atomic E-state index is 14.3. The van der Waals surface area contributed by atoms with E-state index in [0.29, 0.717) is 38.9 Å². The molecule has 0 unspecified atom stereocenters. The number of piperazine rings is 1. The summed E-state index contributed by atoms with van der Waals surface area (Å²) >= 11 is 0. The van der Waals surface area contributed by atoms with Gasteiger partial charge in [0.2, 0.25) is 17.7 Å². The highest BCUT2D eigenvalue weighted by Crippen LogP contribution is 2.31. The lowest BCUT2D eigenvalue weighted by molar-refractivity contribution is -0.148. The van der Waals surface area contributed by atoms with Crippen LogP contribution in [0.15, 0.2) is 24.3 Å². The average Bonchev–Trinajstić information content (AvgIpc) is 3.45. The Balaban J connectivity index is 1.53. The molecule has 0 bridgehead atoms. The first-order valence-corrected chi connectivity index (χ1v) is 16.3. The summed E-state index contributed by atoms with van der Waals surface area (Å²) in [5.41, 5.74) is 7.46. The molecule has 0 spiro atoms. The number of hydrogen-bond acceptors (Lipinski definition) is 6. The van der Waals surface area contributed by atoms with Crippen LogP contribution in [-0.2, 0) is 20.8 Å². The van der Waals surface area contributed by atoms with Crippen LogP contribution >= 0.6 is 0 Å². The SMILES string of the molecule is C[C@@H](CN(C(=O)O)C(C)(C)C)C(=O)N[C@@H](CCCCN)C(=O)N1C[C@H]2CCCN2C[C@H]1C(=O)N[C@@H]1CCCc2ccccc21. The fraction of sp³-hybridized carbons (Fsp3) is 0.697. The number of aryl methyl sites for hydroxylation is 1. The summed E-state index contributed by atoms with van der Waals surface area (Å²) in [5.74, 6) is -1.48. The highest BCUT2D eigenvalue weighted by Gasteiger charge is 2.44. The Labute approximate surface area is 261 Å². The summed E-state index contributed by atoms with van der Waals surface area (Å²) in [4.78, 5) is 58.9. The standard InChI is InChI=1S/C33H52N6O5/c1-22(19-39(32(43)44)33(2,3)4)29(40)36-27(15-7-8-17-34)31(42)38-20-24-13-10-18-37(24)21-28(38)30(41)35-26-16-9-12-23-11-5-6-14-25(23)26/h5-6,11,14,22,24,26-28H,7-10,12-13,15-21,34H2,1-4H3,(H,35,41)(H,36,40)(H,43,44)/t22-,24+,26+,27-,28-/m0/s1. The normalized spacial score (nSPS) is 23.2. The molecule has 0 radical (unpaired) electrons. The second-order valence-electron chi connectivity index (χ2n) is 13.8. The number of carbonyl (C=O) groups excluding carboxylic acids is 3. The van der Waals surface area contributed by atoms with E-state index in [9.17, 15) is 24.3 Å². The average molecular weight is 613 g/mol. The van der Waals surface area contributed by atoms with Crippen molar-refractivity contribution in [2.45, 2.75) is 109 Å². The van der Waals surface area contributed by atoms with E-state index in [1.807, 2.05) is 12.1 Å². The summed E-state index contributed by atoms with van der Waals surface area (Å²) in [7, 11) is 0. The maximum absolute atomic E-state index is 14.3. The van der Waals surface area contributed by atoms with Crippen LogP contribution in [-0.4, -0.2) is 100 Å². The second-order valence-corrected chi connectivity index (χ2v) is 13.8. The van der Waals surface area contributed by atoms with E-state index in [2.05, 4.69) is 27.7 Å². The van der Waals surface area contributed by atoms with E-state index in [-0.39, 0.29) is 36.3 Å². The van der Waals surface area contributed by atoms with E-state index in [0.717, 1.165) is 44.2 Å². The molecule has 0 aromatic heterocycles. The van der Waals surface area contributed by atoms with Gasteiger partial charge in [-0.3, -0.25) is 19.3 Å². The molecule has 5 N–H and O–H groups in total. The van der Waals surface area contributed by atoms with Gasteiger partial charge in [-0.1, -0.05) is 31.2 Å². The van der Waals surface area contributed by atoms with E-state index < -0.39 is 29.6 Å². The molecule has 11 heteroatoms. The van der Waals surface area contributed by atoms with Crippen molar-refractivity contribution in [3.63, 3.8) is 0 Å². The Morgan fingerprint density at radius 3 is 2.55 bits per heavy atom. The minimum atomic E-state index is -1.10. The van der Waals surface area contributed by atoms with Gasteiger partial charge in [0.15, 0.2) is 0 Å². The zero-order valence-electron chi connectivity index (χ0n) is 26.9. The molecule has 5 atom stereocenters. The molecule has 4 rings (SSSR count). The molecule has 2 heterocycles. The fourth-order valence-corrected chi connectivity index (χ4v) is 6.92. The van der Waals surface area contributed by atoms with E-state index in [1.54, 1.807) is 32.6 Å². The van der Waals surface area contributed by atoms with E-state index >= 15 is 0 Å². The molecule has 0 saturated carbocycles. The van der Waals surface area contributed by atoms with Gasteiger partial charge < -0.3 is 31.3 Å². The van der Waals surface area contributed by atoms with Gasteiger partial charge in [0.1, 0.15) is 12.1 Å². The van der Waals surface area contributed by atoms with Gasteiger partial charge in [-0.2, -0.15) is 0 Å². The number of rotatable bonds is 11. The van der Waals surface area contributed by atoms with Crippen LogP contribution in [0.25, 0.3) is 0 Å². The Hall–Kier alpha value is -3.18. The molecule has 2 aliphatic heterocycles. The lowest BCUT2D eigenvalue weighted by Crippen LogP contribution is -2.65. The highest BCUT2D eigenvalue weighted by atomic mass is 16.4. The topological polar surface area (TPSA) is 148 Å². The number of carboxylic acid groups (broad SMARTS) is 1. The third-order valence-corrected chi connectivity index (χ3v) is 9.47. The number of nitrogens with zero attached hydrogens (tertiary/aromatic N) is 3. The molecular formula is C33H52N6O5. The Bertz CT molecular complexity index is 1190. The molecular weight excluding hydrogens is 560 g/mol. The number of benzene rings is 1. The zero-order valence-corrected chi connectivity index (χ0v) is 26.9. The minimum absolute atomic E-state index is 0.00300. The Kier molecular flexibility index (Phi) is 11.3. The summed E-state index contributed by atoms with van der Waals surface area (Å²) in [5, 5.41) is 16.0. The van der Waals surface area contributed by atoms with Gasteiger partial charge in [0, 0.05) is 31.2 Å². The van der Waals surface area contributed by atoms with Crippen LogP contribution in [0.2, 0.25) is 0 Å². The van der Waals surface area contributed by atoms with Crippen molar-refractivity contribution in [1.29, 1.82) is 0 Å². The maximum Gasteiger partial charge on any atom is 0.407 e. The van der Waals surface area contributed by atoms with Crippen LogP contribution in [0.4, 0.5) is 4.79 Å². The van der Waals surface area contributed by atoms with Crippen molar-refractivity contribution in [2.24, 2.45) is 11.7 Å². The van der Waals surface area contributed by atoms with Gasteiger partial charge >= 0.3 is 6.09 Å². The molecule has 1 aromatic carbocycles. The number of fused-ring (bicyclic) bond motifs is 2. The van der Waals surface area contributed by atoms with Crippen LogP contribution in [0.5, 0.6) is 0 Å². The van der Waals surface area contributed by atoms with Gasteiger partial charge in [0.25, 0.3) is 0 Å². The molecule has 1 aliphatic carbocycles. The monoisotopic (exact) mass is 612 g/mol. The summed E-state index contributed by atoms with van der Waals surface area (Å²) in [6.07, 6.45) is 5.47. The third kappa shape index (κ3) is 8.10. The third-order valence-electron chi connectivity index (χ3n) is 9.47. The largest absolute Gasteiger partial charge is 0.465 e. The van der Waals surface area contributed by atoms with Gasteiger partial charge in [-0.05, 0) is 96.4 Å². The van der Waals surface area contributed by atoms with Crippen LogP contribution < -0.4 is 16.4 Å². The molecule has 11 nitrogen and oxygen atoms in total. The van der Waals surface area contributed by atoms with Crippen molar-refractivity contribution >= 4 is 23.8 Å². The predicted molar refractivity (Wildman–Crippen MR) is 169 cm³/mol. The molecule has 44 heavy (non-hydrogen) atoms. The van der Waals surface area contributed by atoms with Crippen molar-refractivity contribution < 1.29 is 24.3 Å². The fourth-order valence-electron chi connectivity index (χ4n) is 6.92. The lowest BCUT2D eigenvalue weighted by atomic mass is 9.87.